The van der Waals surface area contributed by atoms with Gasteiger partial charge in [0.25, 0.3) is 5.56 Å². The maximum Gasteiger partial charge on any atom is 0.483 e. The number of H-pyrrole nitrogens is 1. The minimum atomic E-state index is -5.72. The largest absolute Gasteiger partial charge is 0.483 e. The van der Waals surface area contributed by atoms with Crippen molar-refractivity contribution >= 4 is 21.6 Å². The van der Waals surface area contributed by atoms with Crippen LogP contribution in [0.1, 0.15) is 6.23 Å². The molecule has 0 aromatic carbocycles. The Kier molecular flexibility index (Phi) is 8.89. The number of aliphatic hydroxyl groups excluding tert-OH is 5. The number of carbonyl (C=O) groups is 1. The predicted octanol–water partition coefficient (Wildman–Crippen LogP) is -4.70. The van der Waals surface area contributed by atoms with Gasteiger partial charge in [-0.15, -0.1) is 0 Å². The molecular weight excluding hydrogens is 558 g/mol. The van der Waals surface area contributed by atoms with Crippen molar-refractivity contribution in [3.05, 3.63) is 33.1 Å². The summed E-state index contributed by atoms with van der Waals surface area (Å²) in [6.07, 6.45) is -17.2. The van der Waals surface area contributed by atoms with Gasteiger partial charge in [-0.2, -0.15) is 4.31 Å². The number of hydrogen-bond donors (Lipinski definition) is 9. The van der Waals surface area contributed by atoms with Gasteiger partial charge in [-0.3, -0.25) is 23.4 Å². The van der Waals surface area contributed by atoms with E-state index < -0.39 is 94.7 Å². The Morgan fingerprint density at radius 3 is 2.22 bits per heavy atom. The topological polar surface area (TPSA) is 314 Å². The fraction of sp³-hybridized carbons (Fsp3) is 0.667. The van der Waals surface area contributed by atoms with Crippen molar-refractivity contribution in [1.29, 1.82) is 0 Å². The number of aliphatic hydroxyl groups is 5. The second-order valence-corrected chi connectivity index (χ2v) is 10.7. The molecular formula is C15H22N2O18P2. The highest BCUT2D eigenvalue weighted by Crippen LogP contribution is 2.61. The van der Waals surface area contributed by atoms with Crippen LogP contribution in [-0.2, 0) is 36.8 Å². The average Bonchev–Trinajstić information content (AvgIpc) is 3.05. The van der Waals surface area contributed by atoms with E-state index >= 15 is 0 Å². The monoisotopic (exact) mass is 580 g/mol. The molecule has 0 aliphatic carbocycles. The van der Waals surface area contributed by atoms with E-state index in [1.807, 2.05) is 4.98 Å². The predicted molar refractivity (Wildman–Crippen MR) is 109 cm³/mol. The number of aromatic amines is 1. The first-order valence-corrected chi connectivity index (χ1v) is 13.0. The average molecular weight is 580 g/mol. The Labute approximate surface area is 204 Å². The normalized spacial score (nSPS) is 37.5. The molecule has 20 nitrogen and oxygen atoms in total. The van der Waals surface area contributed by atoms with E-state index in [-0.39, 0.29) is 0 Å². The van der Waals surface area contributed by atoms with Gasteiger partial charge in [0.05, 0.1) is 6.61 Å². The molecule has 0 spiro atoms. The van der Waals surface area contributed by atoms with Gasteiger partial charge in [-0.25, -0.2) is 18.7 Å². The number of ether oxygens (including phenoxy) is 2. The summed E-state index contributed by atoms with van der Waals surface area (Å²) in [4.78, 5) is 55.5. The van der Waals surface area contributed by atoms with Gasteiger partial charge in [0.1, 0.15) is 36.6 Å². The number of phosphoric acid groups is 2. The molecule has 0 bridgehead atoms. The zero-order valence-corrected chi connectivity index (χ0v) is 19.8. The summed E-state index contributed by atoms with van der Waals surface area (Å²) in [7, 11) is -11.3. The lowest BCUT2D eigenvalue weighted by atomic mass is 9.99. The molecule has 2 aliphatic heterocycles. The molecule has 37 heavy (non-hydrogen) atoms. The number of rotatable bonds is 9. The molecule has 210 valence electrons. The highest BCUT2D eigenvalue weighted by Gasteiger charge is 2.51. The van der Waals surface area contributed by atoms with Crippen molar-refractivity contribution in [2.45, 2.75) is 55.2 Å². The standard InChI is InChI=1S/C15H22N2O18P2/c18-5-1-2-17(15(26)16-5)12-9(22)6(19)4(32-12)3-31-36(27,28)35-37(29,30)34-14-10(23)7(20)8(21)11(33-14)13(24)25/h1-2,4,6-12,14,19-23H,3H2,(H,24,25)(H,27,28)(H,29,30)(H,16,18,26)/t4-,6-,7+,8+,9+,10-,11+,12+,14+/m0/s1. The van der Waals surface area contributed by atoms with Crippen LogP contribution >= 0.6 is 15.6 Å². The number of phosphoric ester groups is 2. The summed E-state index contributed by atoms with van der Waals surface area (Å²) in [5.74, 6) is -1.85. The van der Waals surface area contributed by atoms with Gasteiger partial charge in [-0.1, -0.05) is 0 Å². The highest BCUT2D eigenvalue weighted by atomic mass is 31.3. The zero-order valence-electron chi connectivity index (χ0n) is 18.1. The van der Waals surface area contributed by atoms with Crippen molar-refractivity contribution < 1.29 is 77.2 Å². The van der Waals surface area contributed by atoms with Crippen LogP contribution in [0.25, 0.3) is 0 Å². The van der Waals surface area contributed by atoms with Crippen molar-refractivity contribution in [1.82, 2.24) is 9.55 Å². The third-order valence-electron chi connectivity index (χ3n) is 5.12. The van der Waals surface area contributed by atoms with Crippen LogP contribution in [0.4, 0.5) is 0 Å². The number of carboxylic acids is 1. The third-order valence-corrected chi connectivity index (χ3v) is 7.72. The van der Waals surface area contributed by atoms with Gasteiger partial charge in [0.2, 0.25) is 0 Å². The molecule has 2 saturated heterocycles. The zero-order chi connectivity index (χ0) is 27.9. The molecule has 3 rings (SSSR count). The molecule has 1 aromatic rings. The minimum absolute atomic E-state index is 0.700. The van der Waals surface area contributed by atoms with Crippen molar-refractivity contribution in [3.8, 4) is 0 Å². The van der Waals surface area contributed by atoms with Crippen LogP contribution in [0.3, 0.4) is 0 Å². The van der Waals surface area contributed by atoms with Crippen LogP contribution in [0.15, 0.2) is 21.9 Å². The van der Waals surface area contributed by atoms with Crippen LogP contribution in [0, 0.1) is 0 Å². The molecule has 3 heterocycles. The van der Waals surface area contributed by atoms with Crippen LogP contribution < -0.4 is 11.2 Å². The molecule has 0 saturated carbocycles. The maximum atomic E-state index is 12.2. The van der Waals surface area contributed by atoms with Gasteiger partial charge in [0.15, 0.2) is 18.6 Å². The van der Waals surface area contributed by atoms with Gasteiger partial charge >= 0.3 is 27.3 Å². The van der Waals surface area contributed by atoms with Gasteiger partial charge in [-0.05, 0) is 0 Å². The first-order valence-electron chi connectivity index (χ1n) is 9.98. The van der Waals surface area contributed by atoms with Crippen molar-refractivity contribution in [2.75, 3.05) is 6.61 Å². The Balaban J connectivity index is 1.63. The molecule has 0 amide bonds. The second-order valence-electron chi connectivity index (χ2n) is 7.72. The quantitative estimate of drug-likeness (QED) is 0.124. The van der Waals surface area contributed by atoms with Gasteiger partial charge < -0.3 is 49.9 Å². The third kappa shape index (κ3) is 6.77. The number of nitrogens with zero attached hydrogens (tertiary/aromatic N) is 1. The number of aliphatic carboxylic acids is 1. The van der Waals surface area contributed by atoms with E-state index in [1.54, 1.807) is 0 Å². The summed E-state index contributed by atoms with van der Waals surface area (Å²) in [5.41, 5.74) is -1.78. The van der Waals surface area contributed by atoms with Crippen LogP contribution in [-0.4, -0.2) is 112 Å². The SMILES string of the molecule is O=C(O)[C@@H]1O[C@H](OP(=O)(O)OP(=O)(O)OC[C@@H]2O[C@@H](n3ccc(=O)[nH]c3=O)[C@H](O)[C@H]2O)[C@@H](O)[C@H](O)[C@H]1O. The Morgan fingerprint density at radius 2 is 1.62 bits per heavy atom. The fourth-order valence-electron chi connectivity index (χ4n) is 3.34. The Hall–Kier alpha value is -1.87. The van der Waals surface area contributed by atoms with E-state index in [1.165, 1.54) is 0 Å². The van der Waals surface area contributed by atoms with E-state index in [2.05, 4.69) is 18.1 Å². The first-order chi connectivity index (χ1) is 17.0. The van der Waals surface area contributed by atoms with E-state index in [4.69, 9.17) is 9.84 Å². The van der Waals surface area contributed by atoms with Crippen LogP contribution in [0.2, 0.25) is 0 Å². The van der Waals surface area contributed by atoms with Crippen LogP contribution in [0.5, 0.6) is 0 Å². The summed E-state index contributed by atoms with van der Waals surface area (Å²) in [6, 6.07) is 0.910. The lowest BCUT2D eigenvalue weighted by Gasteiger charge is -2.38. The number of nitrogens with one attached hydrogen (secondary N) is 1. The molecule has 2 aliphatic rings. The summed E-state index contributed by atoms with van der Waals surface area (Å²) < 4.78 is 47.6. The summed E-state index contributed by atoms with van der Waals surface area (Å²) in [5, 5.41) is 58.3. The summed E-state index contributed by atoms with van der Waals surface area (Å²) in [6.45, 7) is -1.07. The maximum absolute atomic E-state index is 12.2. The molecule has 2 fully saturated rings. The second kappa shape index (κ2) is 11.1. The van der Waals surface area contributed by atoms with Crippen molar-refractivity contribution in [2.24, 2.45) is 0 Å². The molecule has 22 heteroatoms. The van der Waals surface area contributed by atoms with E-state index in [0.29, 0.717) is 4.57 Å². The Morgan fingerprint density at radius 1 is 0.973 bits per heavy atom. The lowest BCUT2D eigenvalue weighted by Crippen LogP contribution is -2.60. The van der Waals surface area contributed by atoms with E-state index in [9.17, 15) is 58.8 Å². The number of aromatic nitrogens is 2. The molecule has 2 unspecified atom stereocenters. The fourth-order valence-corrected chi connectivity index (χ4v) is 5.49. The lowest BCUT2D eigenvalue weighted by molar-refractivity contribution is -0.274. The summed E-state index contributed by atoms with van der Waals surface area (Å²) >= 11 is 0. The van der Waals surface area contributed by atoms with E-state index in [0.717, 1.165) is 12.3 Å². The highest BCUT2D eigenvalue weighted by molar-refractivity contribution is 7.61. The van der Waals surface area contributed by atoms with Gasteiger partial charge in [0, 0.05) is 12.3 Å². The van der Waals surface area contributed by atoms with Crippen molar-refractivity contribution in [3.63, 3.8) is 0 Å². The smallest absolute Gasteiger partial charge is 0.479 e. The molecule has 9 N–H and O–H groups in total. The number of carboxylic acid groups (broad SMARTS) is 1. The number of hydrogen-bond acceptors (Lipinski definition) is 15. The molecule has 0 radical (unpaired) electrons. The molecule has 1 aromatic heterocycles. The molecule has 11 atom stereocenters. The Bertz CT molecular complexity index is 1200. The first kappa shape index (κ1) is 29.7. The minimum Gasteiger partial charge on any atom is -0.479 e.